The number of aromatic nitrogens is 3. The number of benzene rings is 2. The molecule has 2 aromatic heterocycles. The third-order valence-corrected chi connectivity index (χ3v) is 4.45. The molecular formula is C20H20N4O2. The zero-order chi connectivity index (χ0) is 17.9. The van der Waals surface area contributed by atoms with E-state index in [1.54, 1.807) is 7.11 Å². The Morgan fingerprint density at radius 1 is 1.19 bits per heavy atom. The largest absolute Gasteiger partial charge is 0.383 e. The Morgan fingerprint density at radius 3 is 2.92 bits per heavy atom. The SMILES string of the molecule is COCCn1ccc2c(C(=O)NCc3nc4ccccc4[nH]3)cccc21. The minimum atomic E-state index is -0.111. The van der Waals surface area contributed by atoms with E-state index in [4.69, 9.17) is 4.74 Å². The Bertz CT molecular complexity index is 1030. The lowest BCUT2D eigenvalue weighted by atomic mass is 10.1. The number of aromatic amines is 1. The van der Waals surface area contributed by atoms with Gasteiger partial charge in [0.2, 0.25) is 0 Å². The van der Waals surface area contributed by atoms with Crippen LogP contribution in [0, 0.1) is 0 Å². The van der Waals surface area contributed by atoms with E-state index in [-0.39, 0.29) is 5.91 Å². The first kappa shape index (κ1) is 16.4. The van der Waals surface area contributed by atoms with Crippen molar-refractivity contribution in [3.05, 3.63) is 66.1 Å². The van der Waals surface area contributed by atoms with Crippen LogP contribution < -0.4 is 5.32 Å². The van der Waals surface area contributed by atoms with Gasteiger partial charge in [0.15, 0.2) is 0 Å². The fourth-order valence-electron chi connectivity index (χ4n) is 3.15. The van der Waals surface area contributed by atoms with Gasteiger partial charge in [0.25, 0.3) is 5.91 Å². The number of H-pyrrole nitrogens is 1. The predicted octanol–water partition coefficient (Wildman–Crippen LogP) is 3.09. The summed E-state index contributed by atoms with van der Waals surface area (Å²) < 4.78 is 7.24. The Hall–Kier alpha value is -3.12. The maximum absolute atomic E-state index is 12.7. The van der Waals surface area contributed by atoms with Crippen LogP contribution in [0.5, 0.6) is 0 Å². The summed E-state index contributed by atoms with van der Waals surface area (Å²) in [6.45, 7) is 1.74. The van der Waals surface area contributed by atoms with E-state index in [1.807, 2.05) is 54.7 Å². The minimum Gasteiger partial charge on any atom is -0.383 e. The van der Waals surface area contributed by atoms with Gasteiger partial charge in [-0.1, -0.05) is 18.2 Å². The summed E-state index contributed by atoms with van der Waals surface area (Å²) in [5.74, 6) is 0.630. The first-order valence-electron chi connectivity index (χ1n) is 8.55. The van der Waals surface area contributed by atoms with Gasteiger partial charge >= 0.3 is 0 Å². The molecule has 6 nitrogen and oxygen atoms in total. The molecular weight excluding hydrogens is 328 g/mol. The highest BCUT2D eigenvalue weighted by Gasteiger charge is 2.13. The third-order valence-electron chi connectivity index (χ3n) is 4.45. The lowest BCUT2D eigenvalue weighted by molar-refractivity contribution is 0.0951. The number of carbonyl (C=O) groups is 1. The van der Waals surface area contributed by atoms with Crippen LogP contribution in [-0.4, -0.2) is 34.2 Å². The number of amides is 1. The molecule has 132 valence electrons. The van der Waals surface area contributed by atoms with Gasteiger partial charge in [0.05, 0.1) is 24.2 Å². The molecule has 0 aliphatic rings. The second-order valence-electron chi connectivity index (χ2n) is 6.12. The molecule has 0 saturated heterocycles. The molecule has 2 aromatic carbocycles. The third kappa shape index (κ3) is 3.07. The zero-order valence-corrected chi connectivity index (χ0v) is 14.5. The molecule has 0 fully saturated rings. The number of nitrogens with zero attached hydrogens (tertiary/aromatic N) is 2. The molecule has 0 atom stereocenters. The molecule has 2 heterocycles. The highest BCUT2D eigenvalue weighted by Crippen LogP contribution is 2.20. The molecule has 4 rings (SSSR count). The van der Waals surface area contributed by atoms with E-state index in [2.05, 4.69) is 19.9 Å². The maximum atomic E-state index is 12.7. The Morgan fingerprint density at radius 2 is 2.08 bits per heavy atom. The van der Waals surface area contributed by atoms with Gasteiger partial charge in [-0.05, 0) is 30.3 Å². The maximum Gasteiger partial charge on any atom is 0.252 e. The number of methoxy groups -OCH3 is 1. The average Bonchev–Trinajstić information content (AvgIpc) is 3.27. The number of nitrogens with one attached hydrogen (secondary N) is 2. The summed E-state index contributed by atoms with van der Waals surface area (Å²) in [5, 5.41) is 3.89. The van der Waals surface area contributed by atoms with Crippen LogP contribution in [0.4, 0.5) is 0 Å². The van der Waals surface area contributed by atoms with Crippen LogP contribution in [-0.2, 0) is 17.8 Å². The van der Waals surface area contributed by atoms with Crippen molar-refractivity contribution in [3.8, 4) is 0 Å². The smallest absolute Gasteiger partial charge is 0.252 e. The number of ether oxygens (including phenoxy) is 1. The molecule has 0 saturated carbocycles. The lowest BCUT2D eigenvalue weighted by Crippen LogP contribution is -2.23. The Labute approximate surface area is 150 Å². The second kappa shape index (κ2) is 7.01. The van der Waals surface area contributed by atoms with Crippen LogP contribution in [0.1, 0.15) is 16.2 Å². The topological polar surface area (TPSA) is 71.9 Å². The van der Waals surface area contributed by atoms with Crippen LogP contribution in [0.15, 0.2) is 54.7 Å². The highest BCUT2D eigenvalue weighted by molar-refractivity contribution is 6.06. The van der Waals surface area contributed by atoms with Crippen molar-refractivity contribution < 1.29 is 9.53 Å². The molecule has 0 aliphatic heterocycles. The molecule has 0 aliphatic carbocycles. The number of rotatable bonds is 6. The highest BCUT2D eigenvalue weighted by atomic mass is 16.5. The number of carbonyl (C=O) groups excluding carboxylic acids is 1. The van der Waals surface area contributed by atoms with Gasteiger partial charge in [-0.2, -0.15) is 0 Å². The number of para-hydroxylation sites is 2. The minimum absolute atomic E-state index is 0.111. The zero-order valence-electron chi connectivity index (χ0n) is 14.5. The first-order chi connectivity index (χ1) is 12.8. The van der Waals surface area contributed by atoms with Crippen molar-refractivity contribution in [1.82, 2.24) is 19.9 Å². The van der Waals surface area contributed by atoms with Gasteiger partial charge in [0.1, 0.15) is 5.82 Å². The van der Waals surface area contributed by atoms with Crippen LogP contribution in [0.3, 0.4) is 0 Å². The van der Waals surface area contributed by atoms with E-state index in [0.717, 1.165) is 34.3 Å². The van der Waals surface area contributed by atoms with Gasteiger partial charge in [-0.3, -0.25) is 4.79 Å². The molecule has 26 heavy (non-hydrogen) atoms. The number of hydrogen-bond acceptors (Lipinski definition) is 3. The van der Waals surface area contributed by atoms with E-state index >= 15 is 0 Å². The van der Waals surface area contributed by atoms with Crippen LogP contribution in [0.2, 0.25) is 0 Å². The summed E-state index contributed by atoms with van der Waals surface area (Å²) in [7, 11) is 1.68. The van der Waals surface area contributed by atoms with Crippen molar-refractivity contribution >= 4 is 27.8 Å². The summed E-state index contributed by atoms with van der Waals surface area (Å²) in [6.07, 6.45) is 1.99. The summed E-state index contributed by atoms with van der Waals surface area (Å²) >= 11 is 0. The Kier molecular flexibility index (Phi) is 4.41. The van der Waals surface area contributed by atoms with Crippen molar-refractivity contribution in [2.24, 2.45) is 0 Å². The van der Waals surface area contributed by atoms with E-state index < -0.39 is 0 Å². The average molecular weight is 348 g/mol. The normalized spacial score (nSPS) is 11.3. The number of imidazole rings is 1. The molecule has 2 N–H and O–H groups in total. The number of hydrogen-bond donors (Lipinski definition) is 2. The molecule has 0 radical (unpaired) electrons. The summed E-state index contributed by atoms with van der Waals surface area (Å²) in [4.78, 5) is 20.4. The van der Waals surface area contributed by atoms with Gasteiger partial charge in [0, 0.05) is 36.3 Å². The monoisotopic (exact) mass is 348 g/mol. The van der Waals surface area contributed by atoms with Gasteiger partial charge < -0.3 is 19.6 Å². The van der Waals surface area contributed by atoms with E-state index in [1.165, 1.54) is 0 Å². The predicted molar refractivity (Wildman–Crippen MR) is 101 cm³/mol. The fourth-order valence-corrected chi connectivity index (χ4v) is 3.15. The quantitative estimate of drug-likeness (QED) is 0.562. The van der Waals surface area contributed by atoms with Crippen molar-refractivity contribution in [2.75, 3.05) is 13.7 Å². The molecule has 0 bridgehead atoms. The van der Waals surface area contributed by atoms with E-state index in [9.17, 15) is 4.79 Å². The van der Waals surface area contributed by atoms with Gasteiger partial charge in [-0.25, -0.2) is 4.98 Å². The van der Waals surface area contributed by atoms with Crippen LogP contribution >= 0.6 is 0 Å². The standard InChI is InChI=1S/C20H20N4O2/c1-26-12-11-24-10-9-14-15(5-4-8-18(14)24)20(25)21-13-19-22-16-6-2-3-7-17(16)23-19/h2-10H,11-13H2,1H3,(H,21,25)(H,22,23). The summed E-state index contributed by atoms with van der Waals surface area (Å²) in [6, 6.07) is 15.6. The number of fused-ring (bicyclic) bond motifs is 2. The van der Waals surface area contributed by atoms with E-state index in [0.29, 0.717) is 18.7 Å². The van der Waals surface area contributed by atoms with Gasteiger partial charge in [-0.15, -0.1) is 0 Å². The van der Waals surface area contributed by atoms with Crippen LogP contribution in [0.25, 0.3) is 21.9 Å². The lowest BCUT2D eigenvalue weighted by Gasteiger charge is -2.07. The fraction of sp³-hybridized carbons (Fsp3) is 0.200. The molecule has 6 heteroatoms. The molecule has 0 unspecified atom stereocenters. The first-order valence-corrected chi connectivity index (χ1v) is 8.55. The van der Waals surface area contributed by atoms with Crippen molar-refractivity contribution in [1.29, 1.82) is 0 Å². The summed E-state index contributed by atoms with van der Waals surface area (Å²) in [5.41, 5.74) is 3.55. The molecule has 1 amide bonds. The second-order valence-corrected chi connectivity index (χ2v) is 6.12. The Balaban J connectivity index is 1.53. The van der Waals surface area contributed by atoms with Crippen molar-refractivity contribution in [3.63, 3.8) is 0 Å². The van der Waals surface area contributed by atoms with Crippen molar-refractivity contribution in [2.45, 2.75) is 13.1 Å². The molecule has 0 spiro atoms. The molecule has 4 aromatic rings.